The number of ether oxygens (including phenoxy) is 2. The van der Waals surface area contributed by atoms with E-state index in [0.717, 1.165) is 41.4 Å². The van der Waals surface area contributed by atoms with E-state index >= 15 is 0 Å². The van der Waals surface area contributed by atoms with Gasteiger partial charge in [-0.2, -0.15) is 0 Å². The summed E-state index contributed by atoms with van der Waals surface area (Å²) in [5.74, 6) is 2.27. The maximum absolute atomic E-state index is 12.5. The third-order valence-electron chi connectivity index (χ3n) is 5.38. The molecule has 27 heavy (non-hydrogen) atoms. The monoisotopic (exact) mass is 367 g/mol. The number of aryl methyl sites for hydroxylation is 2. The zero-order chi connectivity index (χ0) is 18.8. The lowest BCUT2D eigenvalue weighted by Crippen LogP contribution is -2.38. The molecule has 4 rings (SSSR count). The largest absolute Gasteiger partial charge is 0.497 e. The van der Waals surface area contributed by atoms with Crippen molar-refractivity contribution in [2.45, 2.75) is 39.0 Å². The van der Waals surface area contributed by atoms with Crippen LogP contribution in [0.25, 0.3) is 0 Å². The number of rotatable bonds is 5. The van der Waals surface area contributed by atoms with Gasteiger partial charge in [0.2, 0.25) is 5.91 Å². The molecule has 0 spiro atoms. The zero-order valence-corrected chi connectivity index (χ0v) is 15.9. The van der Waals surface area contributed by atoms with Gasteiger partial charge in [-0.15, -0.1) is 0 Å². The third kappa shape index (κ3) is 3.75. The lowest BCUT2D eigenvalue weighted by Gasteiger charge is -2.25. The summed E-state index contributed by atoms with van der Waals surface area (Å²) in [4.78, 5) is 21.8. The van der Waals surface area contributed by atoms with Crippen LogP contribution in [0, 0.1) is 12.8 Å². The normalized spacial score (nSPS) is 17.6. The number of hydrogen-bond acceptors (Lipinski definition) is 5. The number of carbonyl (C=O) groups is 1. The van der Waals surface area contributed by atoms with E-state index in [-0.39, 0.29) is 11.8 Å². The first-order chi connectivity index (χ1) is 13.1. The molecule has 0 saturated heterocycles. The maximum Gasteiger partial charge on any atom is 0.226 e. The fraction of sp³-hybridized carbons (Fsp3) is 0.476. The Bertz CT molecular complexity index is 866. The number of methoxy groups -OCH3 is 1. The number of benzene rings is 1. The summed E-state index contributed by atoms with van der Waals surface area (Å²) in [6.45, 7) is 3.00. The molecular formula is C21H25N3O3. The van der Waals surface area contributed by atoms with Crippen molar-refractivity contribution in [2.75, 3.05) is 20.3 Å². The van der Waals surface area contributed by atoms with Crippen LogP contribution in [0.5, 0.6) is 11.5 Å². The highest BCUT2D eigenvalue weighted by atomic mass is 16.5. The molecule has 0 bridgehead atoms. The van der Waals surface area contributed by atoms with Gasteiger partial charge in [-0.25, -0.2) is 9.97 Å². The fourth-order valence-corrected chi connectivity index (χ4v) is 3.90. The molecule has 1 aromatic heterocycles. The predicted octanol–water partition coefficient (Wildman–Crippen LogP) is 2.19. The van der Waals surface area contributed by atoms with Gasteiger partial charge in [-0.05, 0) is 61.9 Å². The smallest absolute Gasteiger partial charge is 0.226 e. The number of aromatic nitrogens is 2. The molecule has 1 aliphatic carbocycles. The van der Waals surface area contributed by atoms with Crippen molar-refractivity contribution in [2.24, 2.45) is 5.92 Å². The molecule has 1 amide bonds. The Kier molecular flexibility index (Phi) is 4.97. The van der Waals surface area contributed by atoms with Crippen molar-refractivity contribution in [1.29, 1.82) is 0 Å². The SMILES string of the molecule is COc1ccc2c(c1)C[C@@H](C(=O)NCCc1nc(C)c3c(n1)CCC3)CO2. The van der Waals surface area contributed by atoms with Crippen molar-refractivity contribution in [3.05, 3.63) is 46.5 Å². The molecule has 0 radical (unpaired) electrons. The van der Waals surface area contributed by atoms with Crippen LogP contribution in [0.4, 0.5) is 0 Å². The second-order valence-electron chi connectivity index (χ2n) is 7.23. The number of nitrogens with zero attached hydrogens (tertiary/aromatic N) is 2. The highest BCUT2D eigenvalue weighted by molar-refractivity contribution is 5.79. The van der Waals surface area contributed by atoms with E-state index in [1.807, 2.05) is 18.2 Å². The summed E-state index contributed by atoms with van der Waals surface area (Å²) in [5, 5.41) is 3.02. The Balaban J connectivity index is 1.33. The zero-order valence-electron chi connectivity index (χ0n) is 15.9. The van der Waals surface area contributed by atoms with Crippen LogP contribution in [0.15, 0.2) is 18.2 Å². The number of amides is 1. The molecule has 2 aliphatic rings. The van der Waals surface area contributed by atoms with Gasteiger partial charge in [0.05, 0.1) is 13.0 Å². The van der Waals surface area contributed by atoms with Crippen molar-refractivity contribution in [1.82, 2.24) is 15.3 Å². The maximum atomic E-state index is 12.5. The molecule has 142 valence electrons. The molecule has 6 nitrogen and oxygen atoms in total. The Morgan fingerprint density at radius 1 is 1.33 bits per heavy atom. The summed E-state index contributed by atoms with van der Waals surface area (Å²) in [6.07, 6.45) is 4.61. The molecule has 0 fully saturated rings. The Hall–Kier alpha value is -2.63. The van der Waals surface area contributed by atoms with Gasteiger partial charge < -0.3 is 14.8 Å². The van der Waals surface area contributed by atoms with Gasteiger partial charge in [-0.1, -0.05) is 0 Å². The topological polar surface area (TPSA) is 73.3 Å². The fourth-order valence-electron chi connectivity index (χ4n) is 3.90. The first kappa shape index (κ1) is 17.8. The molecule has 6 heteroatoms. The standard InChI is InChI=1S/C21H25N3O3/c1-13-17-4-3-5-18(17)24-20(23-13)8-9-22-21(25)15-10-14-11-16(26-2)6-7-19(14)27-12-15/h6-7,11,15H,3-5,8-10,12H2,1-2H3,(H,22,25)/t15-/m1/s1. The summed E-state index contributed by atoms with van der Waals surface area (Å²) >= 11 is 0. The first-order valence-electron chi connectivity index (χ1n) is 9.56. The summed E-state index contributed by atoms with van der Waals surface area (Å²) in [6, 6.07) is 5.71. The molecule has 0 unspecified atom stereocenters. The Morgan fingerprint density at radius 3 is 3.07 bits per heavy atom. The molecule has 2 aromatic rings. The third-order valence-corrected chi connectivity index (χ3v) is 5.38. The van der Waals surface area contributed by atoms with E-state index in [2.05, 4.69) is 22.2 Å². The van der Waals surface area contributed by atoms with Crippen LogP contribution < -0.4 is 14.8 Å². The van der Waals surface area contributed by atoms with Crippen molar-refractivity contribution in [3.63, 3.8) is 0 Å². The quantitative estimate of drug-likeness (QED) is 0.877. The van der Waals surface area contributed by atoms with Crippen LogP contribution in [-0.4, -0.2) is 36.1 Å². The average Bonchev–Trinajstić information content (AvgIpc) is 3.16. The number of hydrogen-bond donors (Lipinski definition) is 1. The van der Waals surface area contributed by atoms with Gasteiger partial charge in [0, 0.05) is 24.4 Å². The van der Waals surface area contributed by atoms with E-state index in [9.17, 15) is 4.79 Å². The van der Waals surface area contributed by atoms with Crippen molar-refractivity contribution < 1.29 is 14.3 Å². The van der Waals surface area contributed by atoms with E-state index in [4.69, 9.17) is 9.47 Å². The van der Waals surface area contributed by atoms with Gasteiger partial charge in [-0.3, -0.25) is 4.79 Å². The van der Waals surface area contributed by atoms with Crippen LogP contribution in [-0.2, 0) is 30.5 Å². The summed E-state index contributed by atoms with van der Waals surface area (Å²) in [7, 11) is 1.64. The molecule has 2 heterocycles. The first-order valence-corrected chi connectivity index (χ1v) is 9.56. The molecule has 0 saturated carbocycles. The summed E-state index contributed by atoms with van der Waals surface area (Å²) < 4.78 is 11.0. The highest BCUT2D eigenvalue weighted by Crippen LogP contribution is 2.30. The van der Waals surface area contributed by atoms with Crippen molar-refractivity contribution in [3.8, 4) is 11.5 Å². The summed E-state index contributed by atoms with van der Waals surface area (Å²) in [5.41, 5.74) is 4.61. The number of carbonyl (C=O) groups excluding carboxylic acids is 1. The Labute approximate surface area is 159 Å². The molecular weight excluding hydrogens is 342 g/mol. The number of fused-ring (bicyclic) bond motifs is 2. The van der Waals surface area contributed by atoms with Crippen LogP contribution >= 0.6 is 0 Å². The molecule has 1 aromatic carbocycles. The molecule has 1 atom stereocenters. The van der Waals surface area contributed by atoms with Crippen LogP contribution in [0.2, 0.25) is 0 Å². The molecule has 1 aliphatic heterocycles. The number of nitrogens with one attached hydrogen (secondary N) is 1. The second-order valence-corrected chi connectivity index (χ2v) is 7.23. The Morgan fingerprint density at radius 2 is 2.22 bits per heavy atom. The van der Waals surface area contributed by atoms with Crippen LogP contribution in [0.1, 0.15) is 34.8 Å². The lowest BCUT2D eigenvalue weighted by atomic mass is 9.96. The second kappa shape index (κ2) is 7.55. The molecule has 1 N–H and O–H groups in total. The van der Waals surface area contributed by atoms with E-state index in [1.54, 1.807) is 7.11 Å². The lowest BCUT2D eigenvalue weighted by molar-refractivity contribution is -0.126. The minimum atomic E-state index is -0.188. The minimum absolute atomic E-state index is 0.0151. The van der Waals surface area contributed by atoms with Crippen molar-refractivity contribution >= 4 is 5.91 Å². The van der Waals surface area contributed by atoms with Gasteiger partial charge in [0.15, 0.2) is 0 Å². The minimum Gasteiger partial charge on any atom is -0.497 e. The van der Waals surface area contributed by atoms with E-state index in [1.165, 1.54) is 17.7 Å². The highest BCUT2D eigenvalue weighted by Gasteiger charge is 2.26. The average molecular weight is 367 g/mol. The van der Waals surface area contributed by atoms with E-state index in [0.29, 0.717) is 26.0 Å². The van der Waals surface area contributed by atoms with Crippen LogP contribution in [0.3, 0.4) is 0 Å². The predicted molar refractivity (Wildman–Crippen MR) is 101 cm³/mol. The van der Waals surface area contributed by atoms with E-state index < -0.39 is 0 Å². The van der Waals surface area contributed by atoms with Gasteiger partial charge >= 0.3 is 0 Å². The van der Waals surface area contributed by atoms with Gasteiger partial charge in [0.1, 0.15) is 23.9 Å². The van der Waals surface area contributed by atoms with Gasteiger partial charge in [0.25, 0.3) is 0 Å².